The summed E-state index contributed by atoms with van der Waals surface area (Å²) in [7, 11) is 1.74. The van der Waals surface area contributed by atoms with Crippen molar-refractivity contribution in [1.82, 2.24) is 4.98 Å². The Labute approximate surface area is 200 Å². The van der Waals surface area contributed by atoms with E-state index in [9.17, 15) is 13.2 Å². The minimum absolute atomic E-state index is 0.268. The molecule has 1 heterocycles. The van der Waals surface area contributed by atoms with Crippen molar-refractivity contribution < 1.29 is 17.9 Å². The van der Waals surface area contributed by atoms with E-state index in [1.54, 1.807) is 25.4 Å². The lowest BCUT2D eigenvalue weighted by Crippen LogP contribution is -2.17. The van der Waals surface area contributed by atoms with Gasteiger partial charge in [-0.1, -0.05) is 39.3 Å². The highest BCUT2D eigenvalue weighted by Gasteiger charge is 2.31. The molecule has 0 bridgehead atoms. The summed E-state index contributed by atoms with van der Waals surface area (Å²) in [5, 5.41) is 3.32. The lowest BCUT2D eigenvalue weighted by molar-refractivity contribution is -0.274. The van der Waals surface area contributed by atoms with Gasteiger partial charge in [0.1, 0.15) is 11.6 Å². The van der Waals surface area contributed by atoms with E-state index in [4.69, 9.17) is 0 Å². The molecule has 2 aromatic rings. The monoisotopic (exact) mass is 473 g/mol. The Morgan fingerprint density at radius 3 is 2.32 bits per heavy atom. The van der Waals surface area contributed by atoms with Crippen LogP contribution in [0.4, 0.5) is 24.7 Å². The molecule has 0 radical (unpaired) electrons. The fraction of sp³-hybridized carbons (Fsp3) is 0.407. The number of unbranched alkanes of at least 4 members (excludes halogenated alkanes) is 1. The standard InChI is InChI=1S/C27H34F3N3O/c1-6-10-11-23(19(7-2)8-3)25-24(20(9-4)18-31-5)16-17-32-26(25)33-21-12-14-22(15-13-21)34-27(28,29)30/h9,11-19H,6-8,10H2,1-5H3,(H,32,33)/b20-9+,23-11-,31-18?. The molecule has 0 saturated heterocycles. The molecule has 0 aliphatic heterocycles. The Balaban J connectivity index is 2.63. The Bertz CT molecular complexity index is 1000. The third-order valence-corrected chi connectivity index (χ3v) is 5.56. The van der Waals surface area contributed by atoms with Crippen LogP contribution in [0.15, 0.2) is 53.7 Å². The number of aliphatic imine (C=N–C) groups is 1. The van der Waals surface area contributed by atoms with Gasteiger partial charge >= 0.3 is 6.36 Å². The predicted molar refractivity (Wildman–Crippen MR) is 136 cm³/mol. The summed E-state index contributed by atoms with van der Waals surface area (Å²) in [6.45, 7) is 8.48. The Hall–Kier alpha value is -3.09. The number of halogens is 3. The summed E-state index contributed by atoms with van der Waals surface area (Å²) in [5.74, 6) is 0.727. The van der Waals surface area contributed by atoms with Crippen molar-refractivity contribution in [3.63, 3.8) is 0 Å². The van der Waals surface area contributed by atoms with E-state index in [0.29, 0.717) is 17.4 Å². The first-order valence-electron chi connectivity index (χ1n) is 11.7. The summed E-state index contributed by atoms with van der Waals surface area (Å²) in [6, 6.07) is 7.66. The van der Waals surface area contributed by atoms with Gasteiger partial charge in [-0.25, -0.2) is 4.98 Å². The normalized spacial score (nSPS) is 13.1. The number of nitrogens with zero attached hydrogens (tertiary/aromatic N) is 2. The number of allylic oxidation sites excluding steroid dienone is 4. The lowest BCUT2D eigenvalue weighted by atomic mass is 9.84. The molecular weight excluding hydrogens is 439 g/mol. The summed E-state index contributed by atoms with van der Waals surface area (Å²) in [4.78, 5) is 8.86. The summed E-state index contributed by atoms with van der Waals surface area (Å²) in [5.41, 5.74) is 4.82. The van der Waals surface area contributed by atoms with Crippen LogP contribution in [0.2, 0.25) is 0 Å². The molecule has 0 atom stereocenters. The van der Waals surface area contributed by atoms with Gasteiger partial charge in [0.15, 0.2) is 0 Å². The van der Waals surface area contributed by atoms with Gasteiger partial charge in [0, 0.05) is 30.7 Å². The van der Waals surface area contributed by atoms with Gasteiger partial charge in [-0.3, -0.25) is 4.99 Å². The number of pyridine rings is 1. The zero-order chi connectivity index (χ0) is 25.1. The van der Waals surface area contributed by atoms with Gasteiger partial charge in [-0.15, -0.1) is 13.2 Å². The first-order chi connectivity index (χ1) is 16.3. The topological polar surface area (TPSA) is 46.5 Å². The van der Waals surface area contributed by atoms with Crippen molar-refractivity contribution in [2.24, 2.45) is 10.9 Å². The van der Waals surface area contributed by atoms with Crippen LogP contribution in [0, 0.1) is 5.92 Å². The number of ether oxygens (including phenoxy) is 1. The van der Waals surface area contributed by atoms with E-state index in [1.807, 2.05) is 25.3 Å². The van der Waals surface area contributed by atoms with Crippen LogP contribution in [0.1, 0.15) is 64.5 Å². The van der Waals surface area contributed by atoms with Gasteiger partial charge in [0.05, 0.1) is 0 Å². The Morgan fingerprint density at radius 1 is 1.12 bits per heavy atom. The van der Waals surface area contributed by atoms with Crippen LogP contribution >= 0.6 is 0 Å². The molecule has 184 valence electrons. The lowest BCUT2D eigenvalue weighted by Gasteiger charge is -2.24. The van der Waals surface area contributed by atoms with Gasteiger partial charge in [-0.05, 0) is 79.1 Å². The van der Waals surface area contributed by atoms with Crippen LogP contribution in [0.25, 0.3) is 11.1 Å². The van der Waals surface area contributed by atoms with Crippen molar-refractivity contribution in [2.45, 2.75) is 59.7 Å². The van der Waals surface area contributed by atoms with Crippen molar-refractivity contribution >= 4 is 28.9 Å². The average molecular weight is 474 g/mol. The van der Waals surface area contributed by atoms with E-state index >= 15 is 0 Å². The molecule has 1 aromatic carbocycles. The average Bonchev–Trinajstić information content (AvgIpc) is 2.81. The van der Waals surface area contributed by atoms with Crippen LogP contribution in [0.5, 0.6) is 5.75 Å². The largest absolute Gasteiger partial charge is 0.573 e. The second kappa shape index (κ2) is 13.0. The number of hydrogen-bond donors (Lipinski definition) is 1. The van der Waals surface area contributed by atoms with Crippen LogP contribution in [-0.2, 0) is 0 Å². The van der Waals surface area contributed by atoms with Crippen LogP contribution in [0.3, 0.4) is 0 Å². The molecule has 4 nitrogen and oxygen atoms in total. The first-order valence-corrected chi connectivity index (χ1v) is 11.7. The van der Waals surface area contributed by atoms with Gasteiger partial charge in [0.25, 0.3) is 0 Å². The molecular formula is C27H34F3N3O. The van der Waals surface area contributed by atoms with Crippen LogP contribution in [-0.4, -0.2) is 24.6 Å². The maximum Gasteiger partial charge on any atom is 0.573 e. The second-order valence-electron chi connectivity index (χ2n) is 7.87. The fourth-order valence-electron chi connectivity index (χ4n) is 3.91. The third-order valence-electron chi connectivity index (χ3n) is 5.56. The number of nitrogens with one attached hydrogen (secondary N) is 1. The number of aromatic nitrogens is 1. The maximum absolute atomic E-state index is 12.5. The minimum atomic E-state index is -4.73. The molecule has 0 spiro atoms. The highest BCUT2D eigenvalue weighted by molar-refractivity contribution is 6.12. The SMILES string of the molecule is C/C=C(\C=NC)c1ccnc(Nc2ccc(OC(F)(F)F)cc2)c1/C(=C\CCC)C(CC)CC. The molecule has 2 rings (SSSR count). The van der Waals surface area contributed by atoms with E-state index in [0.717, 1.165) is 42.4 Å². The van der Waals surface area contributed by atoms with E-state index in [1.165, 1.54) is 17.7 Å². The second-order valence-corrected chi connectivity index (χ2v) is 7.87. The van der Waals surface area contributed by atoms with E-state index in [2.05, 4.69) is 46.9 Å². The molecule has 0 aliphatic carbocycles. The van der Waals surface area contributed by atoms with Crippen molar-refractivity contribution in [2.75, 3.05) is 12.4 Å². The van der Waals surface area contributed by atoms with Crippen LogP contribution < -0.4 is 10.1 Å². The quantitative estimate of drug-likeness (QED) is 0.333. The van der Waals surface area contributed by atoms with Gasteiger partial charge in [0.2, 0.25) is 0 Å². The zero-order valence-electron chi connectivity index (χ0n) is 20.5. The van der Waals surface area contributed by atoms with E-state index in [-0.39, 0.29) is 5.75 Å². The molecule has 0 aliphatic rings. The molecule has 1 aromatic heterocycles. The molecule has 7 heteroatoms. The molecule has 1 N–H and O–H groups in total. The third kappa shape index (κ3) is 7.47. The Morgan fingerprint density at radius 2 is 1.79 bits per heavy atom. The van der Waals surface area contributed by atoms with Gasteiger partial charge < -0.3 is 10.1 Å². The zero-order valence-corrected chi connectivity index (χ0v) is 20.5. The Kier molecular flexibility index (Phi) is 10.4. The molecule has 0 saturated carbocycles. The number of rotatable bonds is 11. The highest BCUT2D eigenvalue weighted by Crippen LogP contribution is 2.39. The molecule has 0 amide bonds. The molecule has 34 heavy (non-hydrogen) atoms. The number of hydrogen-bond acceptors (Lipinski definition) is 4. The number of anilines is 2. The maximum atomic E-state index is 12.5. The van der Waals surface area contributed by atoms with Gasteiger partial charge in [-0.2, -0.15) is 0 Å². The molecule has 0 fully saturated rings. The first kappa shape index (κ1) is 27.2. The van der Waals surface area contributed by atoms with Crippen molar-refractivity contribution in [3.05, 3.63) is 59.8 Å². The highest BCUT2D eigenvalue weighted by atomic mass is 19.4. The fourth-order valence-corrected chi connectivity index (χ4v) is 3.91. The number of alkyl halides is 3. The summed E-state index contributed by atoms with van der Waals surface area (Å²) in [6.07, 6.45) is 7.08. The predicted octanol–water partition coefficient (Wildman–Crippen LogP) is 8.45. The summed E-state index contributed by atoms with van der Waals surface area (Å²) < 4.78 is 41.6. The van der Waals surface area contributed by atoms with Crippen molar-refractivity contribution in [3.8, 4) is 5.75 Å². The smallest absolute Gasteiger partial charge is 0.406 e. The van der Waals surface area contributed by atoms with E-state index < -0.39 is 6.36 Å². The van der Waals surface area contributed by atoms with Crippen molar-refractivity contribution in [1.29, 1.82) is 0 Å². The molecule has 0 unspecified atom stereocenters. The number of benzene rings is 1. The summed E-state index contributed by atoms with van der Waals surface area (Å²) >= 11 is 0. The minimum Gasteiger partial charge on any atom is -0.406 e.